The van der Waals surface area contributed by atoms with Gasteiger partial charge in [0.05, 0.1) is 22.9 Å². The van der Waals surface area contributed by atoms with Crippen molar-refractivity contribution in [3.05, 3.63) is 29.6 Å². The summed E-state index contributed by atoms with van der Waals surface area (Å²) in [5, 5.41) is 3.35. The standard InChI is InChI=1S/C15H25N3O2S/c1-12(2)16-9-13-5-4-6-14(17-13)10-18(3)15-7-8-21(19,20)11-15/h4-6,12,15-16H,7-11H2,1-3H3. The first-order valence-corrected chi connectivity index (χ1v) is 9.27. The largest absolute Gasteiger partial charge is 0.309 e. The Kier molecular flexibility index (Phi) is 5.35. The Labute approximate surface area is 127 Å². The average Bonchev–Trinajstić information content (AvgIpc) is 2.77. The Balaban J connectivity index is 1.94. The minimum Gasteiger partial charge on any atom is -0.309 e. The van der Waals surface area contributed by atoms with Crippen molar-refractivity contribution in [1.82, 2.24) is 15.2 Å². The molecule has 1 N–H and O–H groups in total. The maximum Gasteiger partial charge on any atom is 0.151 e. The molecule has 21 heavy (non-hydrogen) atoms. The molecule has 0 aliphatic carbocycles. The molecule has 1 aliphatic rings. The SMILES string of the molecule is CC(C)NCc1cccc(CN(C)C2CCS(=O)(=O)C2)n1. The van der Waals surface area contributed by atoms with Crippen LogP contribution in [0.1, 0.15) is 31.7 Å². The summed E-state index contributed by atoms with van der Waals surface area (Å²) < 4.78 is 23.1. The van der Waals surface area contributed by atoms with Crippen LogP contribution in [0, 0.1) is 0 Å². The van der Waals surface area contributed by atoms with Crippen LogP contribution in [0.3, 0.4) is 0 Å². The highest BCUT2D eigenvalue weighted by Gasteiger charge is 2.30. The Morgan fingerprint density at radius 1 is 1.38 bits per heavy atom. The minimum atomic E-state index is -2.83. The second kappa shape index (κ2) is 6.85. The monoisotopic (exact) mass is 311 g/mol. The van der Waals surface area contributed by atoms with Gasteiger partial charge in [0, 0.05) is 25.2 Å². The van der Waals surface area contributed by atoms with Crippen LogP contribution in [0.4, 0.5) is 0 Å². The van der Waals surface area contributed by atoms with Crippen molar-refractivity contribution in [2.45, 2.75) is 45.4 Å². The Hall–Kier alpha value is -0.980. The number of pyridine rings is 1. The topological polar surface area (TPSA) is 62.3 Å². The van der Waals surface area contributed by atoms with Gasteiger partial charge in [0.2, 0.25) is 0 Å². The molecule has 0 spiro atoms. The summed E-state index contributed by atoms with van der Waals surface area (Å²) in [5.41, 5.74) is 2.01. The molecule has 1 atom stereocenters. The highest BCUT2D eigenvalue weighted by Crippen LogP contribution is 2.18. The summed E-state index contributed by atoms with van der Waals surface area (Å²) in [4.78, 5) is 6.74. The molecule has 1 aromatic heterocycles. The number of nitrogens with zero attached hydrogens (tertiary/aromatic N) is 2. The molecule has 0 aromatic carbocycles. The predicted molar refractivity (Wildman–Crippen MR) is 84.7 cm³/mol. The third kappa shape index (κ3) is 5.05. The van der Waals surface area contributed by atoms with Gasteiger partial charge >= 0.3 is 0 Å². The van der Waals surface area contributed by atoms with Gasteiger partial charge in [0.15, 0.2) is 9.84 Å². The molecule has 2 rings (SSSR count). The zero-order valence-electron chi connectivity index (χ0n) is 13.0. The highest BCUT2D eigenvalue weighted by atomic mass is 32.2. The van der Waals surface area contributed by atoms with Crippen molar-refractivity contribution in [2.24, 2.45) is 0 Å². The Bertz CT molecular complexity index is 572. The molecule has 0 amide bonds. The zero-order valence-corrected chi connectivity index (χ0v) is 13.9. The quantitative estimate of drug-likeness (QED) is 0.855. The van der Waals surface area contributed by atoms with E-state index in [0.717, 1.165) is 24.4 Å². The van der Waals surface area contributed by atoms with Crippen LogP contribution in [0.5, 0.6) is 0 Å². The summed E-state index contributed by atoms with van der Waals surface area (Å²) >= 11 is 0. The summed E-state index contributed by atoms with van der Waals surface area (Å²) in [6, 6.07) is 6.58. The van der Waals surface area contributed by atoms with E-state index >= 15 is 0 Å². The lowest BCUT2D eigenvalue weighted by atomic mass is 10.2. The van der Waals surface area contributed by atoms with E-state index < -0.39 is 9.84 Å². The molecule has 1 saturated heterocycles. The Morgan fingerprint density at radius 3 is 2.71 bits per heavy atom. The van der Waals surface area contributed by atoms with Gasteiger partial charge in [-0.2, -0.15) is 0 Å². The smallest absolute Gasteiger partial charge is 0.151 e. The van der Waals surface area contributed by atoms with Gasteiger partial charge < -0.3 is 5.32 Å². The molecule has 0 radical (unpaired) electrons. The summed E-state index contributed by atoms with van der Waals surface area (Å²) in [7, 11) is -0.853. The van der Waals surface area contributed by atoms with Gasteiger partial charge in [-0.05, 0) is 25.6 Å². The predicted octanol–water partition coefficient (Wildman–Crippen LogP) is 1.20. The van der Waals surface area contributed by atoms with Crippen molar-refractivity contribution >= 4 is 9.84 Å². The normalized spacial score (nSPS) is 21.3. The molecule has 6 heteroatoms. The van der Waals surface area contributed by atoms with Gasteiger partial charge in [-0.15, -0.1) is 0 Å². The van der Waals surface area contributed by atoms with E-state index in [2.05, 4.69) is 29.0 Å². The lowest BCUT2D eigenvalue weighted by Gasteiger charge is -2.22. The van der Waals surface area contributed by atoms with Crippen LogP contribution in [0.15, 0.2) is 18.2 Å². The number of sulfone groups is 1. The van der Waals surface area contributed by atoms with Crippen molar-refractivity contribution in [2.75, 3.05) is 18.6 Å². The zero-order chi connectivity index (χ0) is 15.5. The molecule has 118 valence electrons. The van der Waals surface area contributed by atoms with Gasteiger partial charge in [0.25, 0.3) is 0 Å². The first-order valence-electron chi connectivity index (χ1n) is 7.44. The third-order valence-electron chi connectivity index (χ3n) is 3.80. The molecular formula is C15H25N3O2S. The van der Waals surface area contributed by atoms with Gasteiger partial charge in [-0.3, -0.25) is 9.88 Å². The number of rotatable bonds is 6. The lowest BCUT2D eigenvalue weighted by molar-refractivity contribution is 0.251. The maximum atomic E-state index is 11.6. The molecule has 0 bridgehead atoms. The van der Waals surface area contributed by atoms with Crippen molar-refractivity contribution in [3.63, 3.8) is 0 Å². The highest BCUT2D eigenvalue weighted by molar-refractivity contribution is 7.91. The van der Waals surface area contributed by atoms with Crippen LogP contribution >= 0.6 is 0 Å². The van der Waals surface area contributed by atoms with Gasteiger partial charge in [-0.25, -0.2) is 8.42 Å². The second-order valence-corrected chi connectivity index (χ2v) is 8.36. The summed E-state index contributed by atoms with van der Waals surface area (Å²) in [6.07, 6.45) is 0.730. The molecule has 2 heterocycles. The third-order valence-corrected chi connectivity index (χ3v) is 5.55. The lowest BCUT2D eigenvalue weighted by Crippen LogP contribution is -2.32. The molecular weight excluding hydrogens is 286 g/mol. The Morgan fingerprint density at radius 2 is 2.10 bits per heavy atom. The molecule has 1 unspecified atom stereocenters. The van der Waals surface area contributed by atoms with Crippen LogP contribution in [-0.2, 0) is 22.9 Å². The molecule has 1 fully saturated rings. The molecule has 5 nitrogen and oxygen atoms in total. The minimum absolute atomic E-state index is 0.120. The van der Waals surface area contributed by atoms with Crippen LogP contribution in [0.2, 0.25) is 0 Å². The average molecular weight is 311 g/mol. The number of aromatic nitrogens is 1. The number of nitrogens with one attached hydrogen (secondary N) is 1. The van der Waals surface area contributed by atoms with Crippen molar-refractivity contribution < 1.29 is 8.42 Å². The number of hydrogen-bond donors (Lipinski definition) is 1. The first-order chi connectivity index (χ1) is 9.85. The van der Waals surface area contributed by atoms with Gasteiger partial charge in [-0.1, -0.05) is 19.9 Å². The van der Waals surface area contributed by atoms with Crippen molar-refractivity contribution in [3.8, 4) is 0 Å². The van der Waals surface area contributed by atoms with E-state index in [1.807, 2.05) is 25.2 Å². The van der Waals surface area contributed by atoms with E-state index in [4.69, 9.17) is 0 Å². The molecule has 0 saturated carbocycles. The van der Waals surface area contributed by atoms with Crippen LogP contribution in [-0.4, -0.2) is 48.9 Å². The fourth-order valence-corrected chi connectivity index (χ4v) is 4.34. The fraction of sp³-hybridized carbons (Fsp3) is 0.667. The second-order valence-electron chi connectivity index (χ2n) is 6.13. The van der Waals surface area contributed by atoms with E-state index in [1.54, 1.807) is 0 Å². The summed E-state index contributed by atoms with van der Waals surface area (Å²) in [5.74, 6) is 0.589. The number of hydrogen-bond acceptors (Lipinski definition) is 5. The van der Waals surface area contributed by atoms with E-state index in [0.29, 0.717) is 18.3 Å². The van der Waals surface area contributed by atoms with E-state index in [-0.39, 0.29) is 11.8 Å². The van der Waals surface area contributed by atoms with E-state index in [9.17, 15) is 8.42 Å². The van der Waals surface area contributed by atoms with Crippen LogP contribution < -0.4 is 5.32 Å². The van der Waals surface area contributed by atoms with Gasteiger partial charge in [0.1, 0.15) is 0 Å². The fourth-order valence-electron chi connectivity index (χ4n) is 2.53. The maximum absolute atomic E-state index is 11.6. The first kappa shape index (κ1) is 16.4. The van der Waals surface area contributed by atoms with Crippen LogP contribution in [0.25, 0.3) is 0 Å². The van der Waals surface area contributed by atoms with Crippen molar-refractivity contribution in [1.29, 1.82) is 0 Å². The molecule has 1 aliphatic heterocycles. The summed E-state index contributed by atoms with van der Waals surface area (Å²) in [6.45, 7) is 5.67. The van der Waals surface area contributed by atoms with E-state index in [1.165, 1.54) is 0 Å². The molecule has 1 aromatic rings.